The van der Waals surface area contributed by atoms with E-state index in [1.165, 1.54) is 11.1 Å². The Bertz CT molecular complexity index is 1050. The van der Waals surface area contributed by atoms with Crippen molar-refractivity contribution < 1.29 is 4.74 Å². The standard InChI is InChI=1S/C23H23ClN4O/c1-15-2-4-16(5-3-15)22-26-21-18-7-6-17(24)14-20(18)25-9-8-19(21)23(27-22)28-10-12-29-13-11-28/h2-7,14,25H,8-13H2,1H3. The molecule has 1 N–H and O–H groups in total. The normalized spacial score (nSPS) is 15.9. The van der Waals surface area contributed by atoms with E-state index in [9.17, 15) is 0 Å². The highest BCUT2D eigenvalue weighted by atomic mass is 35.5. The molecule has 0 amide bonds. The molecular weight excluding hydrogens is 384 g/mol. The van der Waals surface area contributed by atoms with Crippen molar-refractivity contribution >= 4 is 23.1 Å². The molecule has 0 atom stereocenters. The van der Waals surface area contributed by atoms with Crippen LogP contribution in [0.15, 0.2) is 42.5 Å². The van der Waals surface area contributed by atoms with Gasteiger partial charge in [0.15, 0.2) is 5.82 Å². The van der Waals surface area contributed by atoms with Crippen LogP contribution in [0.3, 0.4) is 0 Å². The van der Waals surface area contributed by atoms with E-state index in [1.54, 1.807) is 0 Å². The summed E-state index contributed by atoms with van der Waals surface area (Å²) < 4.78 is 5.58. The van der Waals surface area contributed by atoms with Crippen molar-refractivity contribution in [1.82, 2.24) is 9.97 Å². The minimum atomic E-state index is 0.723. The Balaban J connectivity index is 1.73. The molecule has 0 spiro atoms. The summed E-state index contributed by atoms with van der Waals surface area (Å²) in [6, 6.07) is 14.4. The monoisotopic (exact) mass is 406 g/mol. The van der Waals surface area contributed by atoms with E-state index in [4.69, 9.17) is 26.3 Å². The Labute approximate surface area is 175 Å². The van der Waals surface area contributed by atoms with Crippen molar-refractivity contribution in [2.24, 2.45) is 0 Å². The number of morpholine rings is 1. The SMILES string of the molecule is Cc1ccc(-c2nc3c(c(N4CCOCC4)n2)CCNc2cc(Cl)ccc2-3)cc1. The number of aromatic nitrogens is 2. The second-order valence-electron chi connectivity index (χ2n) is 7.53. The molecule has 0 aliphatic carbocycles. The number of anilines is 2. The van der Waals surface area contributed by atoms with Crippen LogP contribution in [-0.4, -0.2) is 42.8 Å². The summed E-state index contributed by atoms with van der Waals surface area (Å²) in [5.74, 6) is 1.78. The minimum Gasteiger partial charge on any atom is -0.384 e. The third-order valence-corrected chi connectivity index (χ3v) is 5.77. The van der Waals surface area contributed by atoms with E-state index in [0.717, 1.165) is 78.4 Å². The van der Waals surface area contributed by atoms with Crippen LogP contribution < -0.4 is 10.2 Å². The van der Waals surface area contributed by atoms with E-state index in [2.05, 4.69) is 47.5 Å². The van der Waals surface area contributed by atoms with Gasteiger partial charge in [0.2, 0.25) is 0 Å². The summed E-state index contributed by atoms with van der Waals surface area (Å²) in [4.78, 5) is 12.4. The van der Waals surface area contributed by atoms with Gasteiger partial charge in [0, 0.05) is 47.0 Å². The molecule has 0 bridgehead atoms. The Hall–Kier alpha value is -2.63. The Morgan fingerprint density at radius 2 is 1.83 bits per heavy atom. The molecule has 3 aromatic rings. The number of hydrogen-bond acceptors (Lipinski definition) is 5. The molecule has 0 radical (unpaired) electrons. The fourth-order valence-corrected chi connectivity index (χ4v) is 4.16. The lowest BCUT2D eigenvalue weighted by Crippen LogP contribution is -2.37. The number of rotatable bonds is 2. The summed E-state index contributed by atoms with van der Waals surface area (Å²) in [5, 5.41) is 4.24. The van der Waals surface area contributed by atoms with E-state index in [0.29, 0.717) is 0 Å². The molecule has 0 unspecified atom stereocenters. The summed E-state index contributed by atoms with van der Waals surface area (Å²) in [5.41, 5.74) is 6.54. The lowest BCUT2D eigenvalue weighted by Gasteiger charge is -2.30. The molecule has 148 valence electrons. The molecule has 2 aliphatic heterocycles. The van der Waals surface area contributed by atoms with Gasteiger partial charge in [-0.25, -0.2) is 9.97 Å². The van der Waals surface area contributed by atoms with Gasteiger partial charge in [-0.1, -0.05) is 41.4 Å². The third-order valence-electron chi connectivity index (χ3n) is 5.53. The van der Waals surface area contributed by atoms with Crippen LogP contribution in [0.4, 0.5) is 11.5 Å². The third kappa shape index (κ3) is 3.56. The lowest BCUT2D eigenvalue weighted by atomic mass is 10.0. The number of halogens is 1. The number of hydrogen-bond donors (Lipinski definition) is 1. The molecular formula is C23H23ClN4O. The number of fused-ring (bicyclic) bond motifs is 3. The van der Waals surface area contributed by atoms with Gasteiger partial charge in [0.05, 0.1) is 18.9 Å². The van der Waals surface area contributed by atoms with Crippen LogP contribution in [0.5, 0.6) is 0 Å². The zero-order chi connectivity index (χ0) is 19.8. The highest BCUT2D eigenvalue weighted by molar-refractivity contribution is 6.31. The van der Waals surface area contributed by atoms with Crippen LogP contribution in [-0.2, 0) is 11.2 Å². The molecule has 2 aromatic carbocycles. The summed E-state index contributed by atoms with van der Waals surface area (Å²) >= 11 is 6.26. The topological polar surface area (TPSA) is 50.3 Å². The molecule has 3 heterocycles. The first-order valence-corrected chi connectivity index (χ1v) is 10.4. The Kier molecular flexibility index (Phi) is 4.86. The average molecular weight is 407 g/mol. The van der Waals surface area contributed by atoms with Crippen LogP contribution in [0, 0.1) is 6.92 Å². The lowest BCUT2D eigenvalue weighted by molar-refractivity contribution is 0.122. The number of benzene rings is 2. The Morgan fingerprint density at radius 3 is 2.62 bits per heavy atom. The molecule has 29 heavy (non-hydrogen) atoms. The maximum Gasteiger partial charge on any atom is 0.162 e. The van der Waals surface area contributed by atoms with Gasteiger partial charge in [-0.05, 0) is 31.5 Å². The molecule has 1 fully saturated rings. The number of nitrogens with one attached hydrogen (secondary N) is 1. The fourth-order valence-electron chi connectivity index (χ4n) is 3.98. The first-order chi connectivity index (χ1) is 14.2. The molecule has 0 saturated carbocycles. The summed E-state index contributed by atoms with van der Waals surface area (Å²) in [7, 11) is 0. The van der Waals surface area contributed by atoms with E-state index < -0.39 is 0 Å². The fraction of sp³-hybridized carbons (Fsp3) is 0.304. The van der Waals surface area contributed by atoms with Gasteiger partial charge in [0.1, 0.15) is 5.82 Å². The average Bonchev–Trinajstić information content (AvgIpc) is 2.93. The van der Waals surface area contributed by atoms with Crippen molar-refractivity contribution in [1.29, 1.82) is 0 Å². The molecule has 1 aromatic heterocycles. The van der Waals surface area contributed by atoms with Crippen LogP contribution in [0.1, 0.15) is 11.1 Å². The first kappa shape index (κ1) is 18.4. The maximum atomic E-state index is 6.26. The molecule has 2 aliphatic rings. The predicted octanol–water partition coefficient (Wildman–Crippen LogP) is 4.58. The zero-order valence-electron chi connectivity index (χ0n) is 16.4. The summed E-state index contributed by atoms with van der Waals surface area (Å²) in [6.07, 6.45) is 0.864. The smallest absolute Gasteiger partial charge is 0.162 e. The van der Waals surface area contributed by atoms with Gasteiger partial charge in [-0.2, -0.15) is 0 Å². The van der Waals surface area contributed by atoms with Crippen LogP contribution >= 0.6 is 11.6 Å². The highest BCUT2D eigenvalue weighted by Crippen LogP contribution is 2.38. The molecule has 1 saturated heterocycles. The number of ether oxygens (including phenoxy) is 1. The maximum absolute atomic E-state index is 6.26. The van der Waals surface area contributed by atoms with Crippen molar-refractivity contribution in [3.63, 3.8) is 0 Å². The van der Waals surface area contributed by atoms with Gasteiger partial charge in [0.25, 0.3) is 0 Å². The second-order valence-corrected chi connectivity index (χ2v) is 7.97. The second kappa shape index (κ2) is 7.65. The van der Waals surface area contributed by atoms with Gasteiger partial charge in [-0.3, -0.25) is 0 Å². The van der Waals surface area contributed by atoms with Crippen molar-refractivity contribution in [3.05, 3.63) is 58.6 Å². The van der Waals surface area contributed by atoms with Crippen molar-refractivity contribution in [3.8, 4) is 22.6 Å². The first-order valence-electron chi connectivity index (χ1n) is 10.0. The zero-order valence-corrected chi connectivity index (χ0v) is 17.2. The Morgan fingerprint density at radius 1 is 1.03 bits per heavy atom. The number of nitrogens with zero attached hydrogens (tertiary/aromatic N) is 3. The molecule has 5 nitrogen and oxygen atoms in total. The van der Waals surface area contributed by atoms with Crippen LogP contribution in [0.2, 0.25) is 5.02 Å². The molecule has 5 rings (SSSR count). The molecule has 6 heteroatoms. The van der Waals surface area contributed by atoms with E-state index in [1.807, 2.05) is 12.1 Å². The van der Waals surface area contributed by atoms with Gasteiger partial charge < -0.3 is 15.0 Å². The van der Waals surface area contributed by atoms with Gasteiger partial charge in [-0.15, -0.1) is 0 Å². The minimum absolute atomic E-state index is 0.723. The quantitative estimate of drug-likeness (QED) is 0.675. The predicted molar refractivity (Wildman–Crippen MR) is 118 cm³/mol. The van der Waals surface area contributed by atoms with Crippen molar-refractivity contribution in [2.75, 3.05) is 43.1 Å². The van der Waals surface area contributed by atoms with Crippen LogP contribution in [0.25, 0.3) is 22.6 Å². The van der Waals surface area contributed by atoms with Gasteiger partial charge >= 0.3 is 0 Å². The van der Waals surface area contributed by atoms with Crippen molar-refractivity contribution in [2.45, 2.75) is 13.3 Å². The number of aryl methyl sites for hydroxylation is 1. The van der Waals surface area contributed by atoms with E-state index >= 15 is 0 Å². The summed E-state index contributed by atoms with van der Waals surface area (Å²) in [6.45, 7) is 6.05. The van der Waals surface area contributed by atoms with E-state index in [-0.39, 0.29) is 0 Å². The highest BCUT2D eigenvalue weighted by Gasteiger charge is 2.25. The largest absolute Gasteiger partial charge is 0.384 e.